The third-order valence-electron chi connectivity index (χ3n) is 8.28. The molecule has 2 aliphatic rings. The van der Waals surface area contributed by atoms with Crippen molar-refractivity contribution in [3.05, 3.63) is 53.9 Å². The first kappa shape index (κ1) is 26.0. The Hall–Kier alpha value is -3.62. The Morgan fingerprint density at radius 2 is 1.89 bits per heavy atom. The molecule has 0 radical (unpaired) electrons. The van der Waals surface area contributed by atoms with Crippen molar-refractivity contribution >= 4 is 34.8 Å². The lowest BCUT2D eigenvalue weighted by Crippen LogP contribution is -2.32. The number of carbonyl (C=O) groups is 1. The van der Waals surface area contributed by atoms with Crippen LogP contribution in [0, 0.1) is 23.6 Å². The number of nitrogens with two attached hydrogens (primary N) is 1. The van der Waals surface area contributed by atoms with Crippen molar-refractivity contribution in [3.8, 4) is 0 Å². The summed E-state index contributed by atoms with van der Waals surface area (Å²) in [6, 6.07) is 6.48. The molecule has 2 fully saturated rings. The van der Waals surface area contributed by atoms with Gasteiger partial charge < -0.3 is 15.6 Å². The van der Waals surface area contributed by atoms with Crippen molar-refractivity contribution in [2.45, 2.75) is 71.4 Å². The van der Waals surface area contributed by atoms with Gasteiger partial charge in [0.15, 0.2) is 23.1 Å². The number of amidine groups is 1. The van der Waals surface area contributed by atoms with Crippen LogP contribution in [0.4, 0.5) is 10.2 Å². The van der Waals surface area contributed by atoms with Crippen LogP contribution in [0.3, 0.4) is 0 Å². The fourth-order valence-electron chi connectivity index (χ4n) is 5.60. The van der Waals surface area contributed by atoms with E-state index in [0.717, 1.165) is 36.4 Å². The maximum atomic E-state index is 13.7. The van der Waals surface area contributed by atoms with Crippen molar-refractivity contribution in [1.82, 2.24) is 19.5 Å². The van der Waals surface area contributed by atoms with E-state index in [4.69, 9.17) is 15.7 Å². The number of nitrogens with one attached hydrogen (secondary N) is 1. The molecule has 0 aliphatic heterocycles. The summed E-state index contributed by atoms with van der Waals surface area (Å²) in [6.45, 7) is 9.58. The largest absolute Gasteiger partial charge is 0.380 e. The molecule has 200 valence electrons. The molecule has 0 bridgehead atoms. The zero-order valence-corrected chi connectivity index (χ0v) is 22.2. The highest BCUT2D eigenvalue weighted by Gasteiger charge is 2.28. The number of nitrogens with zero attached hydrogens (tertiary/aromatic N) is 5. The molecule has 1 atom stereocenters. The maximum absolute atomic E-state index is 13.7. The predicted molar refractivity (Wildman–Crippen MR) is 148 cm³/mol. The highest BCUT2D eigenvalue weighted by molar-refractivity contribution is 6.00. The van der Waals surface area contributed by atoms with Crippen LogP contribution in [0.1, 0.15) is 76.0 Å². The maximum Gasteiger partial charge on any atom is 0.234 e. The molecular weight excluding hydrogens is 481 g/mol. The molecule has 5 rings (SSSR count). The molecular formula is C29H36FN7O. The smallest absolute Gasteiger partial charge is 0.234 e. The van der Waals surface area contributed by atoms with Gasteiger partial charge in [0.2, 0.25) is 6.41 Å². The van der Waals surface area contributed by atoms with Gasteiger partial charge in [0.05, 0.1) is 0 Å². The first-order valence-corrected chi connectivity index (χ1v) is 13.6. The van der Waals surface area contributed by atoms with Crippen molar-refractivity contribution in [3.63, 3.8) is 0 Å². The number of benzene rings is 1. The zero-order valence-electron chi connectivity index (χ0n) is 22.2. The number of fused-ring (bicyclic) bond motifs is 1. The summed E-state index contributed by atoms with van der Waals surface area (Å²) in [5.41, 5.74) is 8.76. The normalized spacial score (nSPS) is 21.2. The fourth-order valence-corrected chi connectivity index (χ4v) is 5.60. The lowest BCUT2D eigenvalue weighted by atomic mass is 9.80. The number of amides is 1. The topological polar surface area (TPSA) is 111 Å². The van der Waals surface area contributed by atoms with Gasteiger partial charge in [-0.3, -0.25) is 4.79 Å². The van der Waals surface area contributed by atoms with Crippen LogP contribution in [0.5, 0.6) is 0 Å². The number of aromatic nitrogens is 4. The third kappa shape index (κ3) is 5.33. The molecule has 2 aliphatic carbocycles. The molecule has 9 heteroatoms. The summed E-state index contributed by atoms with van der Waals surface area (Å²) >= 11 is 0. The number of carbonyl (C=O) groups excluding carboxylic acids is 1. The second kappa shape index (κ2) is 11.0. The number of hydrogen-bond acceptors (Lipinski definition) is 5. The lowest BCUT2D eigenvalue weighted by Gasteiger charge is -2.32. The minimum atomic E-state index is -0.303. The van der Waals surface area contributed by atoms with Gasteiger partial charge in [0.25, 0.3) is 0 Å². The summed E-state index contributed by atoms with van der Waals surface area (Å²) in [7, 11) is 0. The van der Waals surface area contributed by atoms with E-state index >= 15 is 0 Å². The molecule has 8 nitrogen and oxygen atoms in total. The van der Waals surface area contributed by atoms with Crippen LogP contribution in [0.2, 0.25) is 0 Å². The van der Waals surface area contributed by atoms with Crippen LogP contribution >= 0.6 is 0 Å². The minimum Gasteiger partial charge on any atom is -0.380 e. The van der Waals surface area contributed by atoms with Crippen LogP contribution < -0.4 is 11.1 Å². The molecule has 2 saturated carbocycles. The Kier molecular flexibility index (Phi) is 7.53. The van der Waals surface area contributed by atoms with Crippen molar-refractivity contribution in [1.29, 1.82) is 0 Å². The van der Waals surface area contributed by atoms with E-state index in [9.17, 15) is 9.18 Å². The Morgan fingerprint density at radius 1 is 1.18 bits per heavy atom. The van der Waals surface area contributed by atoms with E-state index in [0.29, 0.717) is 41.1 Å². The first-order chi connectivity index (χ1) is 18.3. The van der Waals surface area contributed by atoms with Gasteiger partial charge in [-0.1, -0.05) is 44.9 Å². The average molecular weight is 518 g/mol. The summed E-state index contributed by atoms with van der Waals surface area (Å²) < 4.78 is 15.8. The van der Waals surface area contributed by atoms with E-state index in [2.05, 4.69) is 40.3 Å². The Labute approximate surface area is 222 Å². The number of imidazole rings is 1. The standard InChI is InChI=1S/C29H36FN7O/c1-17-7-9-20(10-8-17)15-37-24-26(33-19(3)22-5-4-6-22)34-28(25(31)32-16-38)35-27(24)36-29(37)18(2)21-11-13-23(30)14-12-21/h11-14,16-17,19-20,22H,2,4-10,15H2,1,3H3,(H2,31,32,38)(H,33,34,35)/t17?,19-,20?/m1/s1. The van der Waals surface area contributed by atoms with E-state index in [-0.39, 0.29) is 23.5 Å². The Bertz CT molecular complexity index is 1350. The van der Waals surface area contributed by atoms with E-state index < -0.39 is 0 Å². The summed E-state index contributed by atoms with van der Waals surface area (Å²) in [4.78, 5) is 29.0. The van der Waals surface area contributed by atoms with Gasteiger partial charge in [-0.25, -0.2) is 19.3 Å². The summed E-state index contributed by atoms with van der Waals surface area (Å²) in [6.07, 6.45) is 8.66. The number of aliphatic imine (C=N–C) groups is 1. The van der Waals surface area contributed by atoms with Gasteiger partial charge in [-0.2, -0.15) is 4.99 Å². The molecule has 0 unspecified atom stereocenters. The highest BCUT2D eigenvalue weighted by Crippen LogP contribution is 2.36. The fraction of sp³-hybridized carbons (Fsp3) is 0.483. The molecule has 2 aromatic heterocycles. The number of halogens is 1. The SMILES string of the molecule is C=C(c1ccc(F)cc1)c1nc2nc(C(N)=NC=O)nc(N[C@H](C)C3CCC3)c2n1CC1CCC(C)CC1. The van der Waals surface area contributed by atoms with Gasteiger partial charge >= 0.3 is 0 Å². The first-order valence-electron chi connectivity index (χ1n) is 13.6. The predicted octanol–water partition coefficient (Wildman–Crippen LogP) is 5.32. The van der Waals surface area contributed by atoms with Crippen LogP contribution in [-0.2, 0) is 11.3 Å². The van der Waals surface area contributed by atoms with E-state index in [1.165, 1.54) is 44.2 Å². The van der Waals surface area contributed by atoms with Crippen LogP contribution in [0.15, 0.2) is 35.8 Å². The molecule has 1 amide bonds. The van der Waals surface area contributed by atoms with E-state index in [1.807, 2.05) is 0 Å². The summed E-state index contributed by atoms with van der Waals surface area (Å²) in [5.74, 6) is 2.88. The Balaban J connectivity index is 1.65. The number of rotatable bonds is 9. The molecule has 0 saturated heterocycles. The van der Waals surface area contributed by atoms with Gasteiger partial charge in [-0.05, 0) is 68.1 Å². The molecule has 38 heavy (non-hydrogen) atoms. The van der Waals surface area contributed by atoms with Crippen LogP contribution in [0.25, 0.3) is 16.7 Å². The van der Waals surface area contributed by atoms with Gasteiger partial charge in [0, 0.05) is 18.2 Å². The number of hydrogen-bond donors (Lipinski definition) is 2. The second-order valence-electron chi connectivity index (χ2n) is 11.0. The average Bonchev–Trinajstić information content (AvgIpc) is 3.23. The van der Waals surface area contributed by atoms with Crippen molar-refractivity contribution < 1.29 is 9.18 Å². The monoisotopic (exact) mass is 517 g/mol. The highest BCUT2D eigenvalue weighted by atomic mass is 19.1. The van der Waals surface area contributed by atoms with Crippen molar-refractivity contribution in [2.24, 2.45) is 28.5 Å². The Morgan fingerprint density at radius 3 is 2.53 bits per heavy atom. The van der Waals surface area contributed by atoms with E-state index in [1.54, 1.807) is 12.1 Å². The molecule has 3 N–H and O–H groups in total. The van der Waals surface area contributed by atoms with Gasteiger partial charge in [0.1, 0.15) is 17.2 Å². The molecule has 0 spiro atoms. The van der Waals surface area contributed by atoms with Gasteiger partial charge in [-0.15, -0.1) is 0 Å². The quantitative estimate of drug-likeness (QED) is 0.226. The lowest BCUT2D eigenvalue weighted by molar-refractivity contribution is -0.106. The van der Waals surface area contributed by atoms with Crippen molar-refractivity contribution in [2.75, 3.05) is 5.32 Å². The molecule has 1 aromatic carbocycles. The second-order valence-corrected chi connectivity index (χ2v) is 11.0. The van der Waals surface area contributed by atoms with Crippen LogP contribution in [-0.4, -0.2) is 37.8 Å². The minimum absolute atomic E-state index is 0.0593. The third-order valence-corrected chi connectivity index (χ3v) is 8.28. The summed E-state index contributed by atoms with van der Waals surface area (Å²) in [5, 5.41) is 3.62. The number of anilines is 1. The zero-order chi connectivity index (χ0) is 26.8. The molecule has 3 aromatic rings. The molecule has 2 heterocycles.